The highest BCUT2D eigenvalue weighted by atomic mass is 32.2. The van der Waals surface area contributed by atoms with E-state index in [1.54, 1.807) is 35.0 Å². The van der Waals surface area contributed by atoms with Crippen LogP contribution in [0.15, 0.2) is 76.7 Å². The first-order chi connectivity index (χ1) is 15.7. The zero-order chi connectivity index (χ0) is 23.6. The van der Waals surface area contributed by atoms with Crippen molar-refractivity contribution in [3.05, 3.63) is 83.4 Å². The lowest BCUT2D eigenvalue weighted by molar-refractivity contribution is -0.121. The zero-order valence-electron chi connectivity index (χ0n) is 18.6. The summed E-state index contributed by atoms with van der Waals surface area (Å²) in [5.41, 5.74) is 7.94. The number of hydrogen-bond donors (Lipinski definition) is 1. The molecule has 0 aliphatic carbocycles. The van der Waals surface area contributed by atoms with Crippen molar-refractivity contribution in [3.8, 4) is 11.4 Å². The lowest BCUT2D eigenvalue weighted by Gasteiger charge is -2.09. The van der Waals surface area contributed by atoms with Crippen molar-refractivity contribution in [1.82, 2.24) is 15.0 Å². The summed E-state index contributed by atoms with van der Waals surface area (Å²) in [5, 5.41) is 4.06. The van der Waals surface area contributed by atoms with Gasteiger partial charge >= 0.3 is 0 Å². The smallest absolute Gasteiger partial charge is 0.260 e. The molecule has 1 N–H and O–H groups in total. The van der Waals surface area contributed by atoms with Gasteiger partial charge in [0.25, 0.3) is 5.91 Å². The van der Waals surface area contributed by atoms with Crippen molar-refractivity contribution in [1.29, 1.82) is 0 Å². The highest BCUT2D eigenvalue weighted by Crippen LogP contribution is 2.26. The first kappa shape index (κ1) is 22.4. The van der Waals surface area contributed by atoms with Crippen LogP contribution in [0.3, 0.4) is 0 Å². The summed E-state index contributed by atoms with van der Waals surface area (Å²) in [5.74, 6) is 0.278. The van der Waals surface area contributed by atoms with Gasteiger partial charge in [-0.2, -0.15) is 5.10 Å². The number of carbonyl (C=O) groups is 1. The van der Waals surface area contributed by atoms with Crippen molar-refractivity contribution in [2.45, 2.75) is 25.3 Å². The maximum absolute atomic E-state index is 12.7. The number of hydrogen-bond acceptors (Lipinski definition) is 5. The van der Waals surface area contributed by atoms with Gasteiger partial charge in [0.1, 0.15) is 12.4 Å². The lowest BCUT2D eigenvalue weighted by atomic mass is 10.2. The van der Waals surface area contributed by atoms with E-state index in [9.17, 15) is 13.2 Å². The maximum Gasteiger partial charge on any atom is 0.260 e. The molecular formula is C25H24N4O3S. The molecule has 0 unspecified atom stereocenters. The summed E-state index contributed by atoms with van der Waals surface area (Å²) in [6.07, 6.45) is 2.76. The summed E-state index contributed by atoms with van der Waals surface area (Å²) in [7, 11) is -3.30. The molecule has 0 saturated heterocycles. The summed E-state index contributed by atoms with van der Waals surface area (Å²) < 4.78 is 25.4. The topological polar surface area (TPSA) is 93.4 Å². The normalized spacial score (nSPS) is 11.8. The minimum atomic E-state index is -3.30. The van der Waals surface area contributed by atoms with Crippen molar-refractivity contribution in [2.75, 3.05) is 6.26 Å². The monoisotopic (exact) mass is 460 g/mol. The van der Waals surface area contributed by atoms with E-state index < -0.39 is 9.84 Å². The molecule has 1 amide bonds. The number of nitrogens with one attached hydrogen (secondary N) is 1. The number of nitrogens with zero attached hydrogens (tertiary/aromatic N) is 3. The number of aryl methyl sites for hydroxylation is 2. The summed E-state index contributed by atoms with van der Waals surface area (Å²) in [6, 6.07) is 20.1. The van der Waals surface area contributed by atoms with E-state index in [0.29, 0.717) is 11.4 Å². The largest absolute Gasteiger partial charge is 0.314 e. The van der Waals surface area contributed by atoms with E-state index in [2.05, 4.69) is 10.5 Å². The van der Waals surface area contributed by atoms with Gasteiger partial charge in [0.05, 0.1) is 22.1 Å². The molecule has 0 saturated carbocycles. The molecule has 7 nitrogen and oxygen atoms in total. The molecule has 3 aromatic carbocycles. The van der Waals surface area contributed by atoms with Crippen LogP contribution < -0.4 is 5.43 Å². The first-order valence-corrected chi connectivity index (χ1v) is 12.3. The van der Waals surface area contributed by atoms with Gasteiger partial charge in [-0.15, -0.1) is 0 Å². The lowest BCUT2D eigenvalue weighted by Crippen LogP contribution is -2.23. The number of sulfone groups is 1. The third kappa shape index (κ3) is 5.18. The number of rotatable bonds is 6. The maximum atomic E-state index is 12.7. The van der Waals surface area contributed by atoms with Crippen LogP contribution in [0.1, 0.15) is 16.7 Å². The van der Waals surface area contributed by atoms with Crippen LogP contribution in [0.4, 0.5) is 0 Å². The first-order valence-electron chi connectivity index (χ1n) is 10.4. The summed E-state index contributed by atoms with van der Waals surface area (Å²) in [4.78, 5) is 17.6. The second-order valence-corrected chi connectivity index (χ2v) is 10.0. The van der Waals surface area contributed by atoms with E-state index in [4.69, 9.17) is 4.98 Å². The minimum absolute atomic E-state index is 0.00790. The summed E-state index contributed by atoms with van der Waals surface area (Å²) >= 11 is 0. The highest BCUT2D eigenvalue weighted by molar-refractivity contribution is 7.90. The van der Waals surface area contributed by atoms with Crippen molar-refractivity contribution in [2.24, 2.45) is 5.10 Å². The van der Waals surface area contributed by atoms with E-state index in [0.717, 1.165) is 27.7 Å². The van der Waals surface area contributed by atoms with Crippen LogP contribution in [0.2, 0.25) is 0 Å². The average molecular weight is 461 g/mol. The van der Waals surface area contributed by atoms with Crippen LogP contribution in [0.5, 0.6) is 0 Å². The Labute approximate surface area is 192 Å². The number of benzene rings is 3. The van der Waals surface area contributed by atoms with Crippen molar-refractivity contribution < 1.29 is 13.2 Å². The Morgan fingerprint density at radius 1 is 1.00 bits per heavy atom. The number of amides is 1. The molecule has 0 bridgehead atoms. The van der Waals surface area contributed by atoms with Crippen molar-refractivity contribution in [3.63, 3.8) is 0 Å². The molecule has 1 aromatic heterocycles. The quantitative estimate of drug-likeness (QED) is 0.349. The number of carbonyl (C=O) groups excluding carboxylic acids is 1. The zero-order valence-corrected chi connectivity index (χ0v) is 19.4. The third-order valence-corrected chi connectivity index (χ3v) is 6.35. The summed E-state index contributed by atoms with van der Waals surface area (Å²) in [6.45, 7) is 3.99. The number of aromatic nitrogens is 2. The third-order valence-electron chi connectivity index (χ3n) is 5.23. The van der Waals surface area contributed by atoms with E-state index in [1.807, 2.05) is 56.3 Å². The van der Waals surface area contributed by atoms with E-state index in [-0.39, 0.29) is 17.3 Å². The molecule has 0 aliphatic heterocycles. The predicted molar refractivity (Wildman–Crippen MR) is 130 cm³/mol. The van der Waals surface area contributed by atoms with Crippen LogP contribution in [-0.4, -0.2) is 36.3 Å². The Hall–Kier alpha value is -3.78. The average Bonchev–Trinajstić information content (AvgIpc) is 3.12. The van der Waals surface area contributed by atoms with Gasteiger partial charge in [0, 0.05) is 11.8 Å². The Morgan fingerprint density at radius 2 is 1.67 bits per heavy atom. The number of imidazole rings is 1. The molecular weight excluding hydrogens is 436 g/mol. The van der Waals surface area contributed by atoms with Gasteiger partial charge in [0.2, 0.25) is 0 Å². The fourth-order valence-corrected chi connectivity index (χ4v) is 4.11. The molecule has 0 fully saturated rings. The highest BCUT2D eigenvalue weighted by Gasteiger charge is 2.16. The van der Waals surface area contributed by atoms with E-state index >= 15 is 0 Å². The van der Waals surface area contributed by atoms with Crippen LogP contribution in [-0.2, 0) is 21.2 Å². The SMILES string of the molecule is Cc1ccc(/C=N\NC(=O)Cn2c(-c3ccc(S(C)(=O)=O)cc3)nc3cc(C)ccc32)cc1. The molecule has 168 valence electrons. The molecule has 0 spiro atoms. The van der Waals surface area contributed by atoms with E-state index in [1.165, 1.54) is 6.26 Å². The number of fused-ring (bicyclic) bond motifs is 1. The molecule has 0 aliphatic rings. The van der Waals surface area contributed by atoms with Gasteiger partial charge in [-0.05, 0) is 61.4 Å². The Bertz CT molecular complexity index is 1450. The van der Waals surface area contributed by atoms with Gasteiger partial charge in [-0.1, -0.05) is 35.9 Å². The molecule has 4 rings (SSSR count). The Morgan fingerprint density at radius 3 is 2.33 bits per heavy atom. The van der Waals surface area contributed by atoms with Crippen LogP contribution in [0.25, 0.3) is 22.4 Å². The van der Waals surface area contributed by atoms with Gasteiger partial charge in [-0.25, -0.2) is 18.8 Å². The molecule has 1 heterocycles. The molecule has 4 aromatic rings. The predicted octanol–water partition coefficient (Wildman–Crippen LogP) is 3.87. The standard InChI is InChI=1S/C25H24N4O3S/c1-17-4-7-19(8-5-17)15-26-28-24(30)16-29-23-13-6-18(2)14-22(23)27-25(29)20-9-11-21(12-10-20)33(3,31)32/h4-15H,16H2,1-3H3,(H,28,30)/b26-15-. The molecule has 0 radical (unpaired) electrons. The second kappa shape index (κ2) is 8.99. The van der Waals surface area contributed by atoms with Crippen LogP contribution in [0, 0.1) is 13.8 Å². The van der Waals surface area contributed by atoms with Crippen molar-refractivity contribution >= 4 is 33.0 Å². The Balaban J connectivity index is 1.63. The second-order valence-electron chi connectivity index (χ2n) is 8.01. The minimum Gasteiger partial charge on any atom is -0.314 e. The molecule has 8 heteroatoms. The van der Waals surface area contributed by atoms with Gasteiger partial charge in [0.15, 0.2) is 9.84 Å². The number of hydrazone groups is 1. The molecule has 0 atom stereocenters. The van der Waals surface area contributed by atoms with Gasteiger partial charge < -0.3 is 4.57 Å². The Kier molecular flexibility index (Phi) is 6.11. The fourth-order valence-electron chi connectivity index (χ4n) is 3.48. The van der Waals surface area contributed by atoms with Gasteiger partial charge in [-0.3, -0.25) is 4.79 Å². The fraction of sp³-hybridized carbons (Fsp3) is 0.160. The molecule has 33 heavy (non-hydrogen) atoms. The van der Waals surface area contributed by atoms with Crippen LogP contribution >= 0.6 is 0 Å².